The predicted molar refractivity (Wildman–Crippen MR) is 190 cm³/mol. The number of hydrogen-bond acceptors (Lipinski definition) is 10. The maximum atomic E-state index is 10.4. The second-order valence-electron chi connectivity index (χ2n) is 8.82. The monoisotopic (exact) mass is 919 g/mol. The van der Waals surface area contributed by atoms with E-state index in [0.29, 0.717) is 16.1 Å². The quantitative estimate of drug-likeness (QED) is 0.192. The van der Waals surface area contributed by atoms with Crippen LogP contribution in [0.15, 0.2) is 37.2 Å². The first kappa shape index (κ1) is 44.2. The van der Waals surface area contributed by atoms with Crippen molar-refractivity contribution in [1.82, 2.24) is 43.1 Å². The summed E-state index contributed by atoms with van der Waals surface area (Å²) in [6.07, 6.45) is 10.6. The number of fused-ring (bicyclic) bond motifs is 3. The zero-order valence-electron chi connectivity index (χ0n) is 27.4. The van der Waals surface area contributed by atoms with E-state index in [9.17, 15) is 2.86 Å². The van der Waals surface area contributed by atoms with Gasteiger partial charge in [-0.2, -0.15) is 0 Å². The normalized spacial score (nSPS) is 9.66. The van der Waals surface area contributed by atoms with Crippen LogP contribution < -0.4 is 23.5 Å². The molecule has 6 heterocycles. The minimum atomic E-state index is -0.940. The molecule has 0 atom stereocenters. The predicted octanol–water partition coefficient (Wildman–Crippen LogP) is 3.05. The van der Waals surface area contributed by atoms with Crippen molar-refractivity contribution in [3.05, 3.63) is 82.0 Å². The fraction of sp³-hybridized carbons (Fsp3) is 0.345. The molecule has 0 saturated carbocycles. The van der Waals surface area contributed by atoms with E-state index in [2.05, 4.69) is 29.9 Å². The molecule has 0 aliphatic heterocycles. The molecule has 0 fully saturated rings. The van der Waals surface area contributed by atoms with Gasteiger partial charge in [0, 0.05) is 50.4 Å². The molecule has 6 aromatic rings. The molecular weight excluding hydrogens is 880 g/mol. The summed E-state index contributed by atoms with van der Waals surface area (Å²) in [6, 6.07) is 0. The molecule has 6 rings (SSSR count). The summed E-state index contributed by atoms with van der Waals surface area (Å²) >= 11 is 12.6. The molecule has 0 unspecified atom stereocenters. The van der Waals surface area contributed by atoms with Gasteiger partial charge < -0.3 is 20.7 Å². The summed E-state index contributed by atoms with van der Waals surface area (Å²) in [4.78, 5) is 32.8. The van der Waals surface area contributed by atoms with Crippen LogP contribution in [-0.2, 0) is 4.79 Å². The van der Waals surface area contributed by atoms with Gasteiger partial charge in [0.25, 0.3) is 0 Å². The number of imidazole rings is 3. The summed E-state index contributed by atoms with van der Waals surface area (Å²) < 4.78 is 16.2. The van der Waals surface area contributed by atoms with Gasteiger partial charge in [0.1, 0.15) is 46.6 Å². The van der Waals surface area contributed by atoms with E-state index in [-0.39, 0.29) is 13.2 Å². The zero-order chi connectivity index (χ0) is 36.3. The number of aliphatic hydroxyl groups is 2. The summed E-state index contributed by atoms with van der Waals surface area (Å²) in [5, 5.41) is 16.2. The van der Waals surface area contributed by atoms with Crippen molar-refractivity contribution in [3.8, 4) is 0 Å². The Labute approximate surface area is 304 Å². The second-order valence-corrected chi connectivity index (χ2v) is 11.9. The number of anilines is 1. The van der Waals surface area contributed by atoms with Crippen molar-refractivity contribution in [2.75, 3.05) is 18.9 Å². The summed E-state index contributed by atoms with van der Waals surface area (Å²) in [5.41, 5.74) is 11.2. The number of hydrogen-bond donors (Lipinski definition) is 3. The Morgan fingerprint density at radius 3 is 1.26 bits per heavy atom. The maximum absolute atomic E-state index is 10.4. The fourth-order valence-corrected chi connectivity index (χ4v) is 4.67. The van der Waals surface area contributed by atoms with Gasteiger partial charge in [-0.1, -0.05) is 23.2 Å². The molecule has 6 aromatic heterocycles. The average Bonchev–Trinajstić information content (AvgIpc) is 3.61. The van der Waals surface area contributed by atoms with Crippen LogP contribution in [-0.4, -0.2) is 73.3 Å². The van der Waals surface area contributed by atoms with Crippen LogP contribution in [0.3, 0.4) is 0 Å². The van der Waals surface area contributed by atoms with Crippen molar-refractivity contribution < 1.29 is 35.7 Å². The molecule has 0 saturated heterocycles. The molecule has 18 heteroatoms. The SMILES string of the molecule is C=O.CCO.CCO.Cc1nc(C)n2ccnc(Cl)c12.Cc1nc(C)n2ccnc(Cl)c12.Cc1nc(C)n2ccnc(N)c12.F[I-]I. The topological polar surface area (TPSA) is 174 Å². The van der Waals surface area contributed by atoms with E-state index >= 15 is 0 Å². The van der Waals surface area contributed by atoms with E-state index in [1.54, 1.807) is 51.1 Å². The fourth-order valence-electron chi connectivity index (χ4n) is 4.10. The number of nitrogen functional groups attached to an aromatic ring is 1. The van der Waals surface area contributed by atoms with Crippen molar-refractivity contribution in [2.24, 2.45) is 0 Å². The van der Waals surface area contributed by atoms with E-state index in [1.807, 2.05) is 80.1 Å². The number of nitrogens with zero attached hydrogens (tertiary/aromatic N) is 9. The Morgan fingerprint density at radius 2 is 0.979 bits per heavy atom. The molecule has 0 aliphatic rings. The number of aryl methyl sites for hydroxylation is 6. The van der Waals surface area contributed by atoms with Crippen LogP contribution in [0.1, 0.15) is 48.4 Å². The Balaban J connectivity index is 0.000000586. The van der Waals surface area contributed by atoms with Crippen molar-refractivity contribution in [3.63, 3.8) is 0 Å². The summed E-state index contributed by atoms with van der Waals surface area (Å²) in [5.74, 6) is 3.35. The molecule has 13 nitrogen and oxygen atoms in total. The standard InChI is InChI=1S/2C8H8ClN3.C8H10N4.2C2H6O.CH2O.FI2/c3*1-5-7-8(9)10-3-4-12(7)6(2)11-5;2*1-2-3;1-2;1-3-2/h2*3-4H,1-2H3;3-4H,1-2H3,(H2,9,10);2*3H,2H2,1H3;1H2;/q;;;;;;-1. The number of aliphatic hydroxyl groups excluding tert-OH is 2. The number of nitrogens with two attached hydrogens (primary N) is 1. The molecule has 0 radical (unpaired) electrons. The summed E-state index contributed by atoms with van der Waals surface area (Å²) in [6.45, 7) is 17.5. The molecule has 47 heavy (non-hydrogen) atoms. The van der Waals surface area contributed by atoms with Gasteiger partial charge in [0.05, 0.1) is 17.1 Å². The van der Waals surface area contributed by atoms with Crippen molar-refractivity contribution in [2.45, 2.75) is 55.4 Å². The van der Waals surface area contributed by atoms with E-state index < -0.39 is 17.8 Å². The Kier molecular flexibility index (Phi) is 22.1. The number of carbonyl (C=O) groups is 1. The van der Waals surface area contributed by atoms with Crippen LogP contribution in [0, 0.1) is 41.5 Å². The number of halogens is 5. The van der Waals surface area contributed by atoms with E-state index in [1.165, 1.54) is 0 Å². The third-order valence-corrected chi connectivity index (χ3v) is 6.21. The van der Waals surface area contributed by atoms with Crippen LogP contribution >= 0.6 is 41.8 Å². The van der Waals surface area contributed by atoms with Crippen LogP contribution in [0.5, 0.6) is 0 Å². The van der Waals surface area contributed by atoms with Gasteiger partial charge in [-0.25, -0.2) is 29.9 Å². The number of rotatable bonds is 0. The Morgan fingerprint density at radius 1 is 0.723 bits per heavy atom. The van der Waals surface area contributed by atoms with Gasteiger partial charge in [0.2, 0.25) is 0 Å². The van der Waals surface area contributed by atoms with Gasteiger partial charge in [-0.05, 0) is 55.4 Å². The first-order chi connectivity index (χ1) is 22.3. The molecule has 260 valence electrons. The van der Waals surface area contributed by atoms with Gasteiger partial charge in [-0.15, -0.1) is 0 Å². The first-order valence-electron chi connectivity index (χ1n) is 13.7. The molecule has 0 bridgehead atoms. The molecule has 4 N–H and O–H groups in total. The van der Waals surface area contributed by atoms with Crippen molar-refractivity contribution >= 4 is 71.0 Å². The second kappa shape index (κ2) is 23.5. The molecule has 0 aromatic carbocycles. The van der Waals surface area contributed by atoms with Crippen molar-refractivity contribution in [1.29, 1.82) is 0 Å². The van der Waals surface area contributed by atoms with Gasteiger partial charge in [-0.3, -0.25) is 13.2 Å². The molecule has 0 amide bonds. The molecule has 0 aliphatic carbocycles. The Bertz CT molecular complexity index is 1600. The van der Waals surface area contributed by atoms with Crippen LogP contribution in [0.2, 0.25) is 10.3 Å². The first-order valence-corrected chi connectivity index (χ1v) is 21.5. The zero-order valence-corrected chi connectivity index (χ0v) is 33.2. The van der Waals surface area contributed by atoms with Crippen LogP contribution in [0.25, 0.3) is 16.6 Å². The van der Waals surface area contributed by atoms with Crippen LogP contribution in [0.4, 0.5) is 8.68 Å². The van der Waals surface area contributed by atoms with E-state index in [0.717, 1.165) is 51.1 Å². The minimum absolute atomic E-state index is 0.250. The molecule has 0 spiro atoms. The third kappa shape index (κ3) is 13.0. The number of carbonyl (C=O) groups excluding carboxylic acids is 1. The molecular formula is C29H40Cl2FI2N10O3-. The van der Waals surface area contributed by atoms with Gasteiger partial charge in [0.15, 0.2) is 10.3 Å². The summed E-state index contributed by atoms with van der Waals surface area (Å²) in [7, 11) is 0. The Hall–Kier alpha value is -2.78. The third-order valence-electron chi connectivity index (χ3n) is 5.66. The average molecular weight is 920 g/mol. The van der Waals surface area contributed by atoms with E-state index in [4.69, 9.17) is 43.9 Å². The number of aromatic nitrogens is 9. The van der Waals surface area contributed by atoms with Gasteiger partial charge >= 0.3 is 39.3 Å².